The molecule has 22 heavy (non-hydrogen) atoms. The van der Waals surface area contributed by atoms with E-state index in [9.17, 15) is 0 Å². The molecule has 1 spiro atoms. The van der Waals surface area contributed by atoms with E-state index in [0.717, 1.165) is 12.0 Å². The summed E-state index contributed by atoms with van der Waals surface area (Å²) < 4.78 is 0.538. The molecular formula is C19H25NS2. The van der Waals surface area contributed by atoms with E-state index in [1.807, 2.05) is 0 Å². The third-order valence-electron chi connectivity index (χ3n) is 6.43. The second kappa shape index (κ2) is 5.46. The largest absolute Gasteiger partial charge is 0.293 e. The van der Waals surface area contributed by atoms with Crippen molar-refractivity contribution in [1.82, 2.24) is 4.90 Å². The quantitative estimate of drug-likeness (QED) is 0.677. The summed E-state index contributed by atoms with van der Waals surface area (Å²) in [4.78, 5) is 2.93. The molecule has 118 valence electrons. The minimum Gasteiger partial charge on any atom is -0.293 e. The van der Waals surface area contributed by atoms with Crippen LogP contribution in [0.15, 0.2) is 24.3 Å². The van der Waals surface area contributed by atoms with Crippen LogP contribution in [0, 0.1) is 5.92 Å². The van der Waals surface area contributed by atoms with E-state index in [1.165, 1.54) is 56.6 Å². The summed E-state index contributed by atoms with van der Waals surface area (Å²) in [5.74, 6) is 3.70. The molecule has 1 aliphatic carbocycles. The van der Waals surface area contributed by atoms with Crippen molar-refractivity contribution in [2.24, 2.45) is 5.92 Å². The average Bonchev–Trinajstić information content (AvgIpc) is 3.04. The number of piperidine rings is 1. The molecule has 0 bridgehead atoms. The van der Waals surface area contributed by atoms with Gasteiger partial charge in [-0.15, -0.1) is 23.5 Å². The highest BCUT2D eigenvalue weighted by atomic mass is 32.2. The van der Waals surface area contributed by atoms with Crippen molar-refractivity contribution in [1.29, 1.82) is 0 Å². The molecular weight excluding hydrogens is 306 g/mol. The van der Waals surface area contributed by atoms with E-state index in [0.29, 0.717) is 10.1 Å². The van der Waals surface area contributed by atoms with Crippen molar-refractivity contribution in [3.05, 3.63) is 35.4 Å². The Kier molecular flexibility index (Phi) is 3.53. The minimum absolute atomic E-state index is 0.538. The van der Waals surface area contributed by atoms with Gasteiger partial charge in [0.05, 0.1) is 4.08 Å². The van der Waals surface area contributed by atoms with Crippen molar-refractivity contribution in [2.45, 2.75) is 54.7 Å². The first kappa shape index (κ1) is 14.2. The number of rotatable bonds is 0. The first-order chi connectivity index (χ1) is 10.9. The molecule has 1 saturated carbocycles. The third-order valence-corrected chi connectivity index (χ3v) is 10.1. The van der Waals surface area contributed by atoms with Crippen molar-refractivity contribution in [2.75, 3.05) is 18.1 Å². The lowest BCUT2D eigenvalue weighted by Crippen LogP contribution is -2.58. The van der Waals surface area contributed by atoms with E-state index >= 15 is 0 Å². The van der Waals surface area contributed by atoms with E-state index in [1.54, 1.807) is 11.1 Å². The Labute approximate surface area is 142 Å². The summed E-state index contributed by atoms with van der Waals surface area (Å²) in [5, 5.41) is 0. The van der Waals surface area contributed by atoms with Crippen LogP contribution in [0.25, 0.3) is 0 Å². The van der Waals surface area contributed by atoms with Crippen LogP contribution in [-0.4, -0.2) is 33.1 Å². The van der Waals surface area contributed by atoms with Gasteiger partial charge in [0.1, 0.15) is 0 Å². The zero-order chi connectivity index (χ0) is 14.6. The predicted molar refractivity (Wildman–Crippen MR) is 97.6 cm³/mol. The summed E-state index contributed by atoms with van der Waals surface area (Å²) in [5.41, 5.74) is 3.28. The standard InChI is InChI=1S/C19H25NS2/c1-2-6-15-14(5-1)9-10-20-17-8-4-3-7-16(17)19(13-18(15)20)21-11-12-22-19/h1-2,5-6,16-18H,3-4,7-13H2. The Morgan fingerprint density at radius 1 is 1.05 bits per heavy atom. The molecule has 2 saturated heterocycles. The maximum absolute atomic E-state index is 2.93. The molecule has 3 fully saturated rings. The zero-order valence-corrected chi connectivity index (χ0v) is 14.8. The molecule has 5 rings (SSSR count). The maximum Gasteiger partial charge on any atom is 0.0672 e. The molecule has 3 aliphatic heterocycles. The highest BCUT2D eigenvalue weighted by Crippen LogP contribution is 2.62. The fraction of sp³-hybridized carbons (Fsp3) is 0.684. The monoisotopic (exact) mass is 331 g/mol. The molecule has 0 aromatic heterocycles. The average molecular weight is 332 g/mol. The Morgan fingerprint density at radius 2 is 1.86 bits per heavy atom. The van der Waals surface area contributed by atoms with Crippen LogP contribution in [0.1, 0.15) is 49.3 Å². The van der Waals surface area contributed by atoms with E-state index in [-0.39, 0.29) is 0 Å². The lowest BCUT2D eigenvalue weighted by atomic mass is 9.72. The molecule has 4 aliphatic rings. The number of fused-ring (bicyclic) bond motifs is 6. The molecule has 1 nitrogen and oxygen atoms in total. The Bertz CT molecular complexity index is 566. The van der Waals surface area contributed by atoms with Crippen molar-refractivity contribution in [3.63, 3.8) is 0 Å². The second-order valence-corrected chi connectivity index (χ2v) is 10.5. The van der Waals surface area contributed by atoms with Gasteiger partial charge in [0.25, 0.3) is 0 Å². The number of nitrogens with zero attached hydrogens (tertiary/aromatic N) is 1. The van der Waals surface area contributed by atoms with Gasteiger partial charge >= 0.3 is 0 Å². The summed E-state index contributed by atoms with van der Waals surface area (Å²) >= 11 is 4.64. The van der Waals surface area contributed by atoms with Gasteiger partial charge in [-0.05, 0) is 42.7 Å². The number of benzene rings is 1. The highest BCUT2D eigenvalue weighted by molar-refractivity contribution is 8.21. The fourth-order valence-corrected chi connectivity index (χ4v) is 9.26. The van der Waals surface area contributed by atoms with Gasteiger partial charge in [0.15, 0.2) is 0 Å². The molecule has 0 amide bonds. The Balaban J connectivity index is 1.58. The van der Waals surface area contributed by atoms with Crippen LogP contribution in [0.4, 0.5) is 0 Å². The zero-order valence-electron chi connectivity index (χ0n) is 13.2. The van der Waals surface area contributed by atoms with E-state index < -0.39 is 0 Å². The van der Waals surface area contributed by atoms with Crippen molar-refractivity contribution in [3.8, 4) is 0 Å². The summed E-state index contributed by atoms with van der Waals surface area (Å²) in [6.45, 7) is 1.30. The highest BCUT2D eigenvalue weighted by Gasteiger charge is 2.55. The summed E-state index contributed by atoms with van der Waals surface area (Å²) in [6.07, 6.45) is 8.52. The smallest absolute Gasteiger partial charge is 0.0672 e. The predicted octanol–water partition coefficient (Wildman–Crippen LogP) is 4.72. The van der Waals surface area contributed by atoms with Gasteiger partial charge in [-0.1, -0.05) is 37.1 Å². The Morgan fingerprint density at radius 3 is 2.77 bits per heavy atom. The molecule has 3 heterocycles. The van der Waals surface area contributed by atoms with Gasteiger partial charge in [-0.2, -0.15) is 0 Å². The SMILES string of the molecule is c1ccc2c(c1)CCN1C2CC2(SCCS2)C2CCCCC21. The maximum atomic E-state index is 2.93. The van der Waals surface area contributed by atoms with Gasteiger partial charge in [0, 0.05) is 30.1 Å². The molecule has 3 atom stereocenters. The lowest BCUT2D eigenvalue weighted by molar-refractivity contribution is 0.00603. The van der Waals surface area contributed by atoms with Gasteiger partial charge in [-0.25, -0.2) is 0 Å². The van der Waals surface area contributed by atoms with Crippen LogP contribution in [-0.2, 0) is 6.42 Å². The van der Waals surface area contributed by atoms with E-state index in [4.69, 9.17) is 0 Å². The second-order valence-electron chi connectivity index (χ2n) is 7.37. The lowest BCUT2D eigenvalue weighted by Gasteiger charge is -2.57. The van der Waals surface area contributed by atoms with Crippen LogP contribution >= 0.6 is 23.5 Å². The molecule has 0 radical (unpaired) electrons. The summed E-state index contributed by atoms with van der Waals surface area (Å²) in [6, 6.07) is 10.8. The fourth-order valence-electron chi connectivity index (χ4n) is 5.54. The molecule has 1 aromatic carbocycles. The van der Waals surface area contributed by atoms with Gasteiger partial charge in [-0.3, -0.25) is 4.90 Å². The molecule has 1 aromatic rings. The van der Waals surface area contributed by atoms with Crippen LogP contribution in [0.3, 0.4) is 0 Å². The Hall–Kier alpha value is -0.120. The van der Waals surface area contributed by atoms with Crippen LogP contribution < -0.4 is 0 Å². The number of hydrogen-bond acceptors (Lipinski definition) is 3. The van der Waals surface area contributed by atoms with E-state index in [2.05, 4.69) is 52.7 Å². The number of thioether (sulfide) groups is 2. The molecule has 3 heteroatoms. The molecule has 3 unspecified atom stereocenters. The van der Waals surface area contributed by atoms with Crippen molar-refractivity contribution < 1.29 is 0 Å². The first-order valence-electron chi connectivity index (χ1n) is 8.99. The minimum atomic E-state index is 0.538. The van der Waals surface area contributed by atoms with Crippen molar-refractivity contribution >= 4 is 23.5 Å². The van der Waals surface area contributed by atoms with Crippen LogP contribution in [0.2, 0.25) is 0 Å². The van der Waals surface area contributed by atoms with Gasteiger partial charge < -0.3 is 0 Å². The summed E-state index contributed by atoms with van der Waals surface area (Å²) in [7, 11) is 0. The number of hydrogen-bond donors (Lipinski definition) is 0. The topological polar surface area (TPSA) is 3.24 Å². The molecule has 0 N–H and O–H groups in total. The third kappa shape index (κ3) is 2.04. The first-order valence-corrected chi connectivity index (χ1v) is 11.0. The van der Waals surface area contributed by atoms with Gasteiger partial charge in [0.2, 0.25) is 0 Å². The van der Waals surface area contributed by atoms with Crippen LogP contribution in [0.5, 0.6) is 0 Å². The normalized spacial score (nSPS) is 36.6.